The molecule has 0 amide bonds. The van der Waals surface area contributed by atoms with Crippen LogP contribution in [0.1, 0.15) is 30.5 Å². The van der Waals surface area contributed by atoms with Gasteiger partial charge in [0.2, 0.25) is 0 Å². The highest BCUT2D eigenvalue weighted by Gasteiger charge is 2.10. The highest BCUT2D eigenvalue weighted by atomic mass is 19.1. The van der Waals surface area contributed by atoms with Gasteiger partial charge in [-0.2, -0.15) is 0 Å². The van der Waals surface area contributed by atoms with E-state index in [0.717, 1.165) is 17.7 Å². The Labute approximate surface area is 113 Å². The second-order valence-electron chi connectivity index (χ2n) is 4.43. The zero-order valence-corrected chi connectivity index (χ0v) is 11.0. The summed E-state index contributed by atoms with van der Waals surface area (Å²) in [5.41, 5.74) is 7.54. The van der Waals surface area contributed by atoms with Gasteiger partial charge in [0.25, 0.3) is 0 Å². The lowest BCUT2D eigenvalue weighted by Gasteiger charge is -2.15. The van der Waals surface area contributed by atoms with Gasteiger partial charge < -0.3 is 10.5 Å². The Morgan fingerprint density at radius 2 is 1.79 bits per heavy atom. The summed E-state index contributed by atoms with van der Waals surface area (Å²) in [5, 5.41) is 0. The average Bonchev–Trinajstić information content (AvgIpc) is 2.46. The molecule has 2 N–H and O–H groups in total. The van der Waals surface area contributed by atoms with E-state index >= 15 is 0 Å². The summed E-state index contributed by atoms with van der Waals surface area (Å²) in [6.07, 6.45) is 0.833. The predicted octanol–water partition coefficient (Wildman–Crippen LogP) is 3.81. The lowest BCUT2D eigenvalue weighted by atomic mass is 10.0. The molecule has 0 heterocycles. The third-order valence-electron chi connectivity index (χ3n) is 3.10. The summed E-state index contributed by atoms with van der Waals surface area (Å²) in [6, 6.07) is 14.2. The van der Waals surface area contributed by atoms with Crippen molar-refractivity contribution in [3.05, 3.63) is 65.5 Å². The molecule has 100 valence electrons. The fourth-order valence-corrected chi connectivity index (χ4v) is 1.91. The summed E-state index contributed by atoms with van der Waals surface area (Å²) >= 11 is 0. The van der Waals surface area contributed by atoms with Crippen LogP contribution in [0.15, 0.2) is 48.5 Å². The maximum Gasteiger partial charge on any atom is 0.129 e. The van der Waals surface area contributed by atoms with Crippen LogP contribution >= 0.6 is 0 Å². The van der Waals surface area contributed by atoms with Crippen LogP contribution in [0.2, 0.25) is 0 Å². The highest BCUT2D eigenvalue weighted by molar-refractivity contribution is 5.36. The summed E-state index contributed by atoms with van der Waals surface area (Å²) in [6.45, 7) is 2.23. The van der Waals surface area contributed by atoms with E-state index in [1.165, 1.54) is 6.07 Å². The first-order valence-electron chi connectivity index (χ1n) is 6.43. The third kappa shape index (κ3) is 3.32. The van der Waals surface area contributed by atoms with Gasteiger partial charge in [-0.05, 0) is 18.6 Å². The smallest absolute Gasteiger partial charge is 0.129 e. The predicted molar refractivity (Wildman–Crippen MR) is 74.4 cm³/mol. The molecule has 0 aliphatic carbocycles. The van der Waals surface area contributed by atoms with E-state index < -0.39 is 0 Å². The van der Waals surface area contributed by atoms with Gasteiger partial charge >= 0.3 is 0 Å². The second-order valence-corrected chi connectivity index (χ2v) is 4.43. The van der Waals surface area contributed by atoms with Crippen molar-refractivity contribution in [2.45, 2.75) is 26.0 Å². The van der Waals surface area contributed by atoms with Gasteiger partial charge in [-0.3, -0.25) is 0 Å². The number of ether oxygens (including phenoxy) is 1. The molecule has 19 heavy (non-hydrogen) atoms. The largest absolute Gasteiger partial charge is 0.488 e. The summed E-state index contributed by atoms with van der Waals surface area (Å²) in [7, 11) is 0. The Balaban J connectivity index is 2.14. The monoisotopic (exact) mass is 259 g/mol. The van der Waals surface area contributed by atoms with Crippen LogP contribution in [0.3, 0.4) is 0 Å². The minimum absolute atomic E-state index is 0.0585. The third-order valence-corrected chi connectivity index (χ3v) is 3.10. The van der Waals surface area contributed by atoms with Crippen molar-refractivity contribution in [1.82, 2.24) is 0 Å². The lowest BCUT2D eigenvalue weighted by Crippen LogP contribution is -2.11. The maximum atomic E-state index is 13.5. The molecule has 2 aromatic carbocycles. The number of rotatable bonds is 5. The highest BCUT2D eigenvalue weighted by Crippen LogP contribution is 2.26. The van der Waals surface area contributed by atoms with Crippen LogP contribution in [-0.4, -0.2) is 0 Å². The van der Waals surface area contributed by atoms with Crippen molar-refractivity contribution in [2.24, 2.45) is 5.73 Å². The molecule has 0 radical (unpaired) electrons. The van der Waals surface area contributed by atoms with Gasteiger partial charge in [0, 0.05) is 17.2 Å². The van der Waals surface area contributed by atoms with Crippen molar-refractivity contribution in [3.63, 3.8) is 0 Å². The quantitative estimate of drug-likeness (QED) is 0.886. The molecule has 0 saturated heterocycles. The Morgan fingerprint density at radius 1 is 1.11 bits per heavy atom. The Morgan fingerprint density at radius 3 is 2.53 bits per heavy atom. The maximum absolute atomic E-state index is 13.5. The first-order chi connectivity index (χ1) is 9.22. The van der Waals surface area contributed by atoms with E-state index in [-0.39, 0.29) is 18.5 Å². The summed E-state index contributed by atoms with van der Waals surface area (Å²) in [4.78, 5) is 0. The van der Waals surface area contributed by atoms with Crippen LogP contribution < -0.4 is 10.5 Å². The molecule has 0 saturated carbocycles. The van der Waals surface area contributed by atoms with Gasteiger partial charge in [0.15, 0.2) is 0 Å². The molecule has 2 nitrogen and oxygen atoms in total. The van der Waals surface area contributed by atoms with Crippen molar-refractivity contribution >= 4 is 0 Å². The molecule has 0 aliphatic heterocycles. The van der Waals surface area contributed by atoms with Gasteiger partial charge in [-0.1, -0.05) is 43.3 Å². The molecule has 0 aliphatic rings. The number of benzene rings is 2. The molecule has 2 aromatic rings. The van der Waals surface area contributed by atoms with Crippen molar-refractivity contribution < 1.29 is 9.13 Å². The molecule has 2 rings (SSSR count). The molecule has 0 bridgehead atoms. The van der Waals surface area contributed by atoms with Crippen LogP contribution in [0.25, 0.3) is 0 Å². The molecule has 0 fully saturated rings. The van der Waals surface area contributed by atoms with E-state index in [4.69, 9.17) is 10.5 Å². The van der Waals surface area contributed by atoms with Gasteiger partial charge in [-0.15, -0.1) is 0 Å². The van der Waals surface area contributed by atoms with E-state index in [2.05, 4.69) is 0 Å². The Bertz CT molecular complexity index is 542. The summed E-state index contributed by atoms with van der Waals surface area (Å²) in [5.74, 6) is 0.472. The van der Waals surface area contributed by atoms with Crippen molar-refractivity contribution in [3.8, 4) is 5.75 Å². The molecule has 0 unspecified atom stereocenters. The van der Waals surface area contributed by atoms with Gasteiger partial charge in [-0.25, -0.2) is 4.39 Å². The fourth-order valence-electron chi connectivity index (χ4n) is 1.91. The van der Waals surface area contributed by atoms with Crippen LogP contribution in [0.4, 0.5) is 4.39 Å². The fraction of sp³-hybridized carbons (Fsp3) is 0.250. The number of para-hydroxylation sites is 1. The molecule has 0 spiro atoms. The van der Waals surface area contributed by atoms with Gasteiger partial charge in [0.05, 0.1) is 0 Å². The topological polar surface area (TPSA) is 35.2 Å². The summed E-state index contributed by atoms with van der Waals surface area (Å²) < 4.78 is 19.2. The standard InChI is InChI=1S/C16H18FNO/c1-2-15(18)13-8-4-6-10-16(13)19-11-12-7-3-5-9-14(12)17/h3-10,15H,2,11,18H2,1H3/t15-/m1/s1. The number of hydrogen-bond donors (Lipinski definition) is 1. The van der Waals surface area contributed by atoms with Crippen molar-refractivity contribution in [2.75, 3.05) is 0 Å². The van der Waals surface area contributed by atoms with Crippen LogP contribution in [-0.2, 0) is 6.61 Å². The lowest BCUT2D eigenvalue weighted by molar-refractivity contribution is 0.294. The Kier molecular flexibility index (Phi) is 4.53. The zero-order valence-electron chi connectivity index (χ0n) is 11.0. The SMILES string of the molecule is CC[C@@H](N)c1ccccc1OCc1ccccc1F. The Hall–Kier alpha value is -1.87. The molecular weight excluding hydrogens is 241 g/mol. The van der Waals surface area contributed by atoms with E-state index in [0.29, 0.717) is 5.56 Å². The zero-order chi connectivity index (χ0) is 13.7. The van der Waals surface area contributed by atoms with Gasteiger partial charge in [0.1, 0.15) is 18.2 Å². The number of hydrogen-bond acceptors (Lipinski definition) is 2. The van der Waals surface area contributed by atoms with Crippen LogP contribution in [0.5, 0.6) is 5.75 Å². The van der Waals surface area contributed by atoms with Crippen LogP contribution in [0, 0.1) is 5.82 Å². The second kappa shape index (κ2) is 6.34. The van der Waals surface area contributed by atoms with E-state index in [1.54, 1.807) is 18.2 Å². The molecule has 1 atom stereocenters. The minimum Gasteiger partial charge on any atom is -0.488 e. The number of halogens is 1. The van der Waals surface area contributed by atoms with Crippen molar-refractivity contribution in [1.29, 1.82) is 0 Å². The molecule has 0 aromatic heterocycles. The van der Waals surface area contributed by atoms with E-state index in [1.807, 2.05) is 31.2 Å². The average molecular weight is 259 g/mol. The normalized spacial score (nSPS) is 12.2. The number of nitrogens with two attached hydrogens (primary N) is 1. The molecule has 3 heteroatoms. The molecular formula is C16H18FNO. The first kappa shape index (κ1) is 13.6. The minimum atomic E-state index is -0.250. The van der Waals surface area contributed by atoms with E-state index in [9.17, 15) is 4.39 Å². The first-order valence-corrected chi connectivity index (χ1v) is 6.43.